The van der Waals surface area contributed by atoms with E-state index >= 15 is 0 Å². The minimum Gasteiger partial charge on any atom is -0.342 e. The fourth-order valence-corrected chi connectivity index (χ4v) is 5.07. The lowest BCUT2D eigenvalue weighted by atomic mass is 9.89. The van der Waals surface area contributed by atoms with E-state index in [2.05, 4.69) is 4.98 Å². The van der Waals surface area contributed by atoms with E-state index in [1.165, 1.54) is 12.1 Å². The second-order valence-electron chi connectivity index (χ2n) is 8.56. The number of carbonyl (C=O) groups is 2. The van der Waals surface area contributed by atoms with Crippen molar-refractivity contribution < 1.29 is 23.1 Å². The number of fused-ring (bicyclic) bond motifs is 1. The van der Waals surface area contributed by atoms with E-state index in [0.717, 1.165) is 11.6 Å². The maximum atomic E-state index is 13.7. The molecular formula is C23H23F2N3O3. The van der Waals surface area contributed by atoms with Crippen LogP contribution in [0, 0.1) is 18.6 Å². The quantitative estimate of drug-likeness (QED) is 0.737. The molecule has 2 amide bonds. The first-order valence-corrected chi connectivity index (χ1v) is 10.5. The minimum absolute atomic E-state index is 0.0977. The van der Waals surface area contributed by atoms with Gasteiger partial charge in [-0.3, -0.25) is 14.6 Å². The molecule has 0 saturated carbocycles. The van der Waals surface area contributed by atoms with Gasteiger partial charge in [0.1, 0.15) is 17.9 Å². The number of hydrogen-bond acceptors (Lipinski definition) is 4. The number of hydrogen-bond donors (Lipinski definition) is 0. The molecule has 1 aromatic carbocycles. The second kappa shape index (κ2) is 7.37. The maximum Gasteiger partial charge on any atom is 0.257 e. The molecule has 1 spiro atoms. The highest BCUT2D eigenvalue weighted by molar-refractivity contribution is 5.96. The summed E-state index contributed by atoms with van der Waals surface area (Å²) in [5.74, 6) is -1.55. The molecule has 162 valence electrons. The third-order valence-corrected chi connectivity index (χ3v) is 6.72. The Balaban J connectivity index is 1.32. The van der Waals surface area contributed by atoms with Crippen molar-refractivity contribution in [2.24, 2.45) is 0 Å². The summed E-state index contributed by atoms with van der Waals surface area (Å²) >= 11 is 0. The van der Waals surface area contributed by atoms with E-state index in [-0.39, 0.29) is 11.8 Å². The number of ether oxygens (including phenoxy) is 1. The Morgan fingerprint density at radius 1 is 1.16 bits per heavy atom. The average molecular weight is 427 g/mol. The van der Waals surface area contributed by atoms with Crippen molar-refractivity contribution in [3.05, 3.63) is 65.0 Å². The molecule has 3 saturated heterocycles. The van der Waals surface area contributed by atoms with Gasteiger partial charge in [-0.05, 0) is 49.1 Å². The van der Waals surface area contributed by atoms with Crippen LogP contribution in [0.3, 0.4) is 0 Å². The van der Waals surface area contributed by atoms with Gasteiger partial charge < -0.3 is 14.5 Å². The van der Waals surface area contributed by atoms with Gasteiger partial charge >= 0.3 is 0 Å². The molecule has 3 aliphatic rings. The van der Waals surface area contributed by atoms with Crippen molar-refractivity contribution in [1.82, 2.24) is 14.8 Å². The summed E-state index contributed by atoms with van der Waals surface area (Å²) in [4.78, 5) is 33.7. The number of aromatic nitrogens is 1. The van der Waals surface area contributed by atoms with Crippen LogP contribution in [0.15, 0.2) is 36.7 Å². The monoisotopic (exact) mass is 427 g/mol. The molecule has 0 unspecified atom stereocenters. The van der Waals surface area contributed by atoms with E-state index in [0.29, 0.717) is 49.9 Å². The first-order chi connectivity index (χ1) is 14.9. The van der Waals surface area contributed by atoms with Crippen LogP contribution in [-0.4, -0.2) is 51.5 Å². The maximum absolute atomic E-state index is 13.7. The van der Waals surface area contributed by atoms with Crippen molar-refractivity contribution in [2.75, 3.05) is 13.1 Å². The van der Waals surface area contributed by atoms with Gasteiger partial charge in [-0.2, -0.15) is 0 Å². The topological polar surface area (TPSA) is 62.7 Å². The Kier molecular flexibility index (Phi) is 4.77. The van der Waals surface area contributed by atoms with Crippen LogP contribution in [0.1, 0.15) is 53.2 Å². The van der Waals surface area contributed by atoms with Crippen molar-refractivity contribution in [2.45, 2.75) is 50.5 Å². The van der Waals surface area contributed by atoms with Crippen LogP contribution in [-0.2, 0) is 9.53 Å². The molecule has 2 aromatic rings. The lowest BCUT2D eigenvalue weighted by Crippen LogP contribution is -2.51. The summed E-state index contributed by atoms with van der Waals surface area (Å²) in [5.41, 5.74) is 0.898. The molecule has 3 aliphatic heterocycles. The smallest absolute Gasteiger partial charge is 0.257 e. The number of nitrogens with zero attached hydrogens (tertiary/aromatic N) is 3. The van der Waals surface area contributed by atoms with E-state index in [4.69, 9.17) is 4.74 Å². The number of benzene rings is 1. The zero-order chi connectivity index (χ0) is 21.8. The highest BCUT2D eigenvalue weighted by Gasteiger charge is 2.58. The highest BCUT2D eigenvalue weighted by Crippen LogP contribution is 2.47. The molecule has 0 bridgehead atoms. The third-order valence-electron chi connectivity index (χ3n) is 6.72. The van der Waals surface area contributed by atoms with Gasteiger partial charge in [0.05, 0.1) is 11.6 Å². The molecule has 6 nitrogen and oxygen atoms in total. The molecule has 4 heterocycles. The Bertz CT molecular complexity index is 1030. The summed E-state index contributed by atoms with van der Waals surface area (Å²) in [6.07, 6.45) is 4.83. The molecule has 1 aromatic heterocycles. The number of halogens is 2. The zero-order valence-electron chi connectivity index (χ0n) is 17.2. The highest BCUT2D eigenvalue weighted by atomic mass is 19.1. The normalized spacial score (nSPS) is 24.7. The molecule has 8 heteroatoms. The Morgan fingerprint density at radius 3 is 2.55 bits per heavy atom. The fourth-order valence-electron chi connectivity index (χ4n) is 5.07. The molecule has 2 atom stereocenters. The largest absolute Gasteiger partial charge is 0.342 e. The summed E-state index contributed by atoms with van der Waals surface area (Å²) in [6.45, 7) is 2.67. The molecule has 0 N–H and O–H groups in total. The van der Waals surface area contributed by atoms with E-state index in [9.17, 15) is 18.4 Å². The van der Waals surface area contributed by atoms with Gasteiger partial charge in [0.15, 0.2) is 5.60 Å². The standard InChI is InChI=1S/C23H23F2N3O3/c1-14-4-7-26-13-18(14)21(29)27-8-5-23(6-9-27)22(30)28-19(2-3-20(28)31-23)15-10-16(24)12-17(25)11-15/h4,7,10-13,19-20H,2-3,5-6,8-9H2,1H3/t19-,20+/m0/s1. The third kappa shape index (κ3) is 3.29. The summed E-state index contributed by atoms with van der Waals surface area (Å²) < 4.78 is 33.7. The molecule has 0 radical (unpaired) electrons. The molecule has 5 rings (SSSR count). The Labute approximate surface area is 178 Å². The van der Waals surface area contributed by atoms with Crippen LogP contribution in [0.5, 0.6) is 0 Å². The van der Waals surface area contributed by atoms with Crippen LogP contribution in [0.4, 0.5) is 8.78 Å². The summed E-state index contributed by atoms with van der Waals surface area (Å²) in [7, 11) is 0. The van der Waals surface area contributed by atoms with Gasteiger partial charge in [0.25, 0.3) is 11.8 Å². The fraction of sp³-hybridized carbons (Fsp3) is 0.435. The van der Waals surface area contributed by atoms with E-state index in [1.54, 1.807) is 28.3 Å². The van der Waals surface area contributed by atoms with Gasteiger partial charge in [0.2, 0.25) is 0 Å². The van der Waals surface area contributed by atoms with E-state index in [1.807, 2.05) is 6.92 Å². The molecule has 3 fully saturated rings. The van der Waals surface area contributed by atoms with Gasteiger partial charge in [-0.1, -0.05) is 0 Å². The predicted molar refractivity (Wildman–Crippen MR) is 107 cm³/mol. The number of aryl methyl sites for hydroxylation is 1. The van der Waals surface area contributed by atoms with E-state index < -0.39 is 29.5 Å². The van der Waals surface area contributed by atoms with Gasteiger partial charge in [-0.15, -0.1) is 0 Å². The Morgan fingerprint density at radius 2 is 1.87 bits per heavy atom. The molecular weight excluding hydrogens is 404 g/mol. The first-order valence-electron chi connectivity index (χ1n) is 10.5. The lowest BCUT2D eigenvalue weighted by Gasteiger charge is -2.37. The number of carbonyl (C=O) groups excluding carboxylic acids is 2. The average Bonchev–Trinajstić information content (AvgIpc) is 3.26. The van der Waals surface area contributed by atoms with Crippen molar-refractivity contribution >= 4 is 11.8 Å². The van der Waals surface area contributed by atoms with Crippen molar-refractivity contribution in [3.63, 3.8) is 0 Å². The summed E-state index contributed by atoms with van der Waals surface area (Å²) in [6, 6.07) is 4.79. The van der Waals surface area contributed by atoms with Gasteiger partial charge in [0, 0.05) is 44.4 Å². The number of amides is 2. The number of pyridine rings is 1. The zero-order valence-corrected chi connectivity index (χ0v) is 17.2. The van der Waals surface area contributed by atoms with Crippen LogP contribution in [0.25, 0.3) is 0 Å². The predicted octanol–water partition coefficient (Wildman–Crippen LogP) is 3.36. The van der Waals surface area contributed by atoms with Gasteiger partial charge in [-0.25, -0.2) is 8.78 Å². The second-order valence-corrected chi connectivity index (χ2v) is 8.56. The molecule has 0 aliphatic carbocycles. The van der Waals surface area contributed by atoms with Crippen LogP contribution in [0.2, 0.25) is 0 Å². The SMILES string of the molecule is Cc1ccncc1C(=O)N1CCC2(CC1)O[C@@H]1CC[C@@H](c3cc(F)cc(F)c3)N1C2=O. The number of likely N-dealkylation sites (tertiary alicyclic amines) is 1. The summed E-state index contributed by atoms with van der Waals surface area (Å²) in [5, 5.41) is 0. The van der Waals surface area contributed by atoms with Crippen LogP contribution < -0.4 is 0 Å². The van der Waals surface area contributed by atoms with Crippen LogP contribution >= 0.6 is 0 Å². The lowest BCUT2D eigenvalue weighted by molar-refractivity contribution is -0.142. The van der Waals surface area contributed by atoms with Crippen molar-refractivity contribution in [3.8, 4) is 0 Å². The minimum atomic E-state index is -0.976. The number of piperidine rings is 1. The molecule has 31 heavy (non-hydrogen) atoms. The Hall–Kier alpha value is -2.87. The number of rotatable bonds is 2. The first kappa shape index (κ1) is 20.1. The van der Waals surface area contributed by atoms with Crippen molar-refractivity contribution in [1.29, 1.82) is 0 Å².